The quantitative estimate of drug-likeness (QED) is 0.910. The van der Waals surface area contributed by atoms with E-state index in [9.17, 15) is 0 Å². The second-order valence-electron chi connectivity index (χ2n) is 4.45. The summed E-state index contributed by atoms with van der Waals surface area (Å²) in [6.07, 6.45) is 2.59. The Kier molecular flexibility index (Phi) is 4.56. The fourth-order valence-corrected chi connectivity index (χ4v) is 2.03. The molecule has 0 bridgehead atoms. The number of pyridine rings is 1. The van der Waals surface area contributed by atoms with Crippen molar-refractivity contribution in [2.24, 2.45) is 5.73 Å². The summed E-state index contributed by atoms with van der Waals surface area (Å²) in [5.74, 6) is 1.54. The van der Waals surface area contributed by atoms with Crippen molar-refractivity contribution >= 4 is 15.9 Å². The number of hydrogen-bond acceptors (Lipinski definition) is 3. The van der Waals surface area contributed by atoms with E-state index in [4.69, 9.17) is 10.5 Å². The number of benzene rings is 1. The molecule has 2 aromatic rings. The number of hydrogen-bond donors (Lipinski definition) is 1. The van der Waals surface area contributed by atoms with Crippen molar-refractivity contribution in [3.63, 3.8) is 0 Å². The standard InChI is InChI=1S/C15H17BrN2O/c1-3-13(17)14-7-6-12(9-18-14)19-15-8-11(16)5-4-10(15)2/h4-9,13H,3,17H2,1-2H3. The molecule has 0 fully saturated rings. The van der Waals surface area contributed by atoms with Crippen LogP contribution in [-0.2, 0) is 0 Å². The van der Waals surface area contributed by atoms with Gasteiger partial charge in [-0.3, -0.25) is 4.98 Å². The summed E-state index contributed by atoms with van der Waals surface area (Å²) in [6, 6.07) is 9.75. The second kappa shape index (κ2) is 6.17. The monoisotopic (exact) mass is 320 g/mol. The van der Waals surface area contributed by atoms with E-state index < -0.39 is 0 Å². The van der Waals surface area contributed by atoms with Gasteiger partial charge < -0.3 is 10.5 Å². The van der Waals surface area contributed by atoms with Crippen LogP contribution in [0.15, 0.2) is 41.0 Å². The van der Waals surface area contributed by atoms with Crippen LogP contribution >= 0.6 is 15.9 Å². The van der Waals surface area contributed by atoms with Crippen molar-refractivity contribution in [3.05, 3.63) is 52.3 Å². The molecular weight excluding hydrogens is 304 g/mol. The van der Waals surface area contributed by atoms with Crippen molar-refractivity contribution in [2.75, 3.05) is 0 Å². The van der Waals surface area contributed by atoms with Crippen molar-refractivity contribution in [2.45, 2.75) is 26.3 Å². The third-order valence-electron chi connectivity index (χ3n) is 2.96. The van der Waals surface area contributed by atoms with Crippen molar-refractivity contribution in [1.29, 1.82) is 0 Å². The van der Waals surface area contributed by atoms with Gasteiger partial charge in [0.25, 0.3) is 0 Å². The summed E-state index contributed by atoms with van der Waals surface area (Å²) < 4.78 is 6.82. The third kappa shape index (κ3) is 3.55. The first kappa shape index (κ1) is 14.0. The topological polar surface area (TPSA) is 48.1 Å². The van der Waals surface area contributed by atoms with Crippen molar-refractivity contribution < 1.29 is 4.74 Å². The lowest BCUT2D eigenvalue weighted by Crippen LogP contribution is -2.10. The zero-order valence-corrected chi connectivity index (χ0v) is 12.6. The van der Waals surface area contributed by atoms with E-state index in [1.54, 1.807) is 6.20 Å². The van der Waals surface area contributed by atoms with Crippen LogP contribution in [-0.4, -0.2) is 4.98 Å². The zero-order valence-electron chi connectivity index (χ0n) is 11.1. The first-order chi connectivity index (χ1) is 9.10. The second-order valence-corrected chi connectivity index (χ2v) is 5.36. The summed E-state index contributed by atoms with van der Waals surface area (Å²) in [4.78, 5) is 4.34. The summed E-state index contributed by atoms with van der Waals surface area (Å²) in [7, 11) is 0. The van der Waals surface area contributed by atoms with E-state index in [1.165, 1.54) is 0 Å². The van der Waals surface area contributed by atoms with Gasteiger partial charge in [-0.1, -0.05) is 28.9 Å². The number of rotatable bonds is 4. The Morgan fingerprint density at radius 3 is 2.74 bits per heavy atom. The van der Waals surface area contributed by atoms with Gasteiger partial charge in [-0.25, -0.2) is 0 Å². The highest BCUT2D eigenvalue weighted by Gasteiger charge is 2.06. The molecule has 2 N–H and O–H groups in total. The van der Waals surface area contributed by atoms with Crippen LogP contribution in [0.25, 0.3) is 0 Å². The van der Waals surface area contributed by atoms with Crippen LogP contribution in [0.3, 0.4) is 0 Å². The predicted octanol–water partition coefficient (Wildman–Crippen LogP) is 4.35. The van der Waals surface area contributed by atoms with Gasteiger partial charge in [0.1, 0.15) is 11.5 Å². The number of halogens is 1. The maximum absolute atomic E-state index is 5.93. The average Bonchev–Trinajstić information content (AvgIpc) is 2.43. The van der Waals surface area contributed by atoms with E-state index in [0.29, 0.717) is 5.75 Å². The molecule has 3 nitrogen and oxygen atoms in total. The van der Waals surface area contributed by atoms with Crippen LogP contribution in [0.1, 0.15) is 30.6 Å². The maximum atomic E-state index is 5.93. The van der Waals surface area contributed by atoms with Gasteiger partial charge in [-0.2, -0.15) is 0 Å². The lowest BCUT2D eigenvalue weighted by atomic mass is 10.1. The highest BCUT2D eigenvalue weighted by atomic mass is 79.9. The first-order valence-electron chi connectivity index (χ1n) is 6.25. The van der Waals surface area contributed by atoms with E-state index >= 15 is 0 Å². The molecule has 0 radical (unpaired) electrons. The average molecular weight is 321 g/mol. The largest absolute Gasteiger partial charge is 0.455 e. The Labute approximate surface area is 121 Å². The van der Waals surface area contributed by atoms with E-state index in [2.05, 4.69) is 20.9 Å². The molecule has 100 valence electrons. The molecule has 0 saturated carbocycles. The van der Waals surface area contributed by atoms with Gasteiger partial charge in [0.05, 0.1) is 11.9 Å². The van der Waals surface area contributed by atoms with Crippen LogP contribution < -0.4 is 10.5 Å². The molecule has 0 amide bonds. The number of ether oxygens (including phenoxy) is 1. The Morgan fingerprint density at radius 2 is 2.11 bits per heavy atom. The van der Waals surface area contributed by atoms with Crippen molar-refractivity contribution in [3.8, 4) is 11.5 Å². The SMILES string of the molecule is CCC(N)c1ccc(Oc2cc(Br)ccc2C)cn1. The Bertz CT molecular complexity index is 555. The minimum atomic E-state index is -0.0124. The predicted molar refractivity (Wildman–Crippen MR) is 80.4 cm³/mol. The van der Waals surface area contributed by atoms with Crippen LogP contribution in [0.4, 0.5) is 0 Å². The molecule has 0 aliphatic carbocycles. The number of nitrogens with two attached hydrogens (primary N) is 1. The molecule has 0 spiro atoms. The van der Waals surface area contributed by atoms with Crippen LogP contribution in [0.5, 0.6) is 11.5 Å². The molecule has 1 unspecified atom stereocenters. The fraction of sp³-hybridized carbons (Fsp3) is 0.267. The van der Waals surface area contributed by atoms with Gasteiger partial charge in [0.2, 0.25) is 0 Å². The molecule has 0 aliphatic heterocycles. The van der Waals surface area contributed by atoms with E-state index in [0.717, 1.165) is 27.9 Å². The molecule has 0 saturated heterocycles. The summed E-state index contributed by atoms with van der Waals surface area (Å²) in [5, 5.41) is 0. The van der Waals surface area contributed by atoms with Gasteiger partial charge in [0.15, 0.2) is 0 Å². The molecule has 1 atom stereocenters. The van der Waals surface area contributed by atoms with Crippen LogP contribution in [0.2, 0.25) is 0 Å². The molecule has 0 aliphatic rings. The lowest BCUT2D eigenvalue weighted by molar-refractivity contribution is 0.475. The molecule has 1 aromatic heterocycles. The summed E-state index contributed by atoms with van der Waals surface area (Å²) in [5.41, 5.74) is 7.90. The number of nitrogens with zero attached hydrogens (tertiary/aromatic N) is 1. The molecule has 4 heteroatoms. The Morgan fingerprint density at radius 1 is 1.32 bits per heavy atom. The molecule has 2 rings (SSSR count). The summed E-state index contributed by atoms with van der Waals surface area (Å²) >= 11 is 3.44. The van der Waals surface area contributed by atoms with Gasteiger partial charge in [-0.05, 0) is 43.2 Å². The highest BCUT2D eigenvalue weighted by Crippen LogP contribution is 2.28. The van der Waals surface area contributed by atoms with Gasteiger partial charge in [-0.15, -0.1) is 0 Å². The summed E-state index contributed by atoms with van der Waals surface area (Å²) in [6.45, 7) is 4.05. The van der Waals surface area contributed by atoms with Gasteiger partial charge >= 0.3 is 0 Å². The number of aryl methyl sites for hydroxylation is 1. The highest BCUT2D eigenvalue weighted by molar-refractivity contribution is 9.10. The minimum absolute atomic E-state index is 0.0124. The van der Waals surface area contributed by atoms with E-state index in [1.807, 2.05) is 44.2 Å². The molecular formula is C15H17BrN2O. The normalized spacial score (nSPS) is 12.2. The van der Waals surface area contributed by atoms with Gasteiger partial charge in [0, 0.05) is 10.5 Å². The lowest BCUT2D eigenvalue weighted by Gasteiger charge is -2.11. The first-order valence-corrected chi connectivity index (χ1v) is 7.05. The maximum Gasteiger partial charge on any atom is 0.145 e. The fourth-order valence-electron chi connectivity index (χ4n) is 1.69. The molecule has 19 heavy (non-hydrogen) atoms. The Balaban J connectivity index is 2.17. The third-order valence-corrected chi connectivity index (χ3v) is 3.45. The molecule has 1 aromatic carbocycles. The smallest absolute Gasteiger partial charge is 0.145 e. The number of aromatic nitrogens is 1. The van der Waals surface area contributed by atoms with Crippen LogP contribution in [0, 0.1) is 6.92 Å². The Hall–Kier alpha value is -1.39. The minimum Gasteiger partial charge on any atom is -0.455 e. The van der Waals surface area contributed by atoms with Crippen molar-refractivity contribution in [1.82, 2.24) is 4.98 Å². The zero-order chi connectivity index (χ0) is 13.8. The molecule has 1 heterocycles. The van der Waals surface area contributed by atoms with E-state index in [-0.39, 0.29) is 6.04 Å².